The molecule has 0 bridgehead atoms. The van der Waals surface area contributed by atoms with Gasteiger partial charge in [0.2, 0.25) is 0 Å². The summed E-state index contributed by atoms with van der Waals surface area (Å²) in [6, 6.07) is 8.33. The van der Waals surface area contributed by atoms with Crippen LogP contribution >= 0.6 is 0 Å². The first-order valence-electron chi connectivity index (χ1n) is 3.80. The van der Waals surface area contributed by atoms with E-state index >= 15 is 0 Å². The molecule has 0 unspecified atom stereocenters. The van der Waals surface area contributed by atoms with Gasteiger partial charge in [0, 0.05) is 0 Å². The van der Waals surface area contributed by atoms with Crippen LogP contribution in [0.25, 0.3) is 5.69 Å². The molecule has 0 aliphatic carbocycles. The zero-order chi connectivity index (χ0) is 9.97. The lowest BCUT2D eigenvalue weighted by Gasteiger charge is -2.01. The molecule has 0 saturated heterocycles. The van der Waals surface area contributed by atoms with E-state index in [2.05, 4.69) is 15.5 Å². The van der Waals surface area contributed by atoms with Gasteiger partial charge >= 0.3 is 0 Å². The van der Waals surface area contributed by atoms with E-state index in [4.69, 9.17) is 5.26 Å². The quantitative estimate of drug-likeness (QED) is 0.690. The number of hydrogen-bond acceptors (Lipinski definition) is 5. The summed E-state index contributed by atoms with van der Waals surface area (Å²) in [6.45, 7) is 0. The second-order valence-corrected chi connectivity index (χ2v) is 2.51. The van der Waals surface area contributed by atoms with E-state index in [0.717, 1.165) is 0 Å². The number of para-hydroxylation sites is 2. The first kappa shape index (κ1) is 8.19. The molecule has 0 atom stereocenters. The molecule has 0 spiro atoms. The summed E-state index contributed by atoms with van der Waals surface area (Å²) in [6.07, 6.45) is 0. The summed E-state index contributed by atoms with van der Waals surface area (Å²) in [5, 5.41) is 28.6. The van der Waals surface area contributed by atoms with Crippen LogP contribution in [-0.4, -0.2) is 25.3 Å². The van der Waals surface area contributed by atoms with Gasteiger partial charge in [-0.1, -0.05) is 17.2 Å². The predicted molar refractivity (Wildman–Crippen MR) is 45.5 cm³/mol. The second kappa shape index (κ2) is 3.14. The summed E-state index contributed by atoms with van der Waals surface area (Å²) in [5.41, 5.74) is 0.383. The van der Waals surface area contributed by atoms with Gasteiger partial charge in [0.05, 0.1) is 0 Å². The Morgan fingerprint density at radius 1 is 1.36 bits per heavy atom. The van der Waals surface area contributed by atoms with Gasteiger partial charge in [-0.3, -0.25) is 0 Å². The number of aromatic hydroxyl groups is 1. The monoisotopic (exact) mass is 187 g/mol. The van der Waals surface area contributed by atoms with Crippen LogP contribution in [0.1, 0.15) is 5.82 Å². The van der Waals surface area contributed by atoms with Crippen molar-refractivity contribution in [2.75, 3.05) is 0 Å². The summed E-state index contributed by atoms with van der Waals surface area (Å²) in [4.78, 5) is 0. The molecule has 1 aromatic heterocycles. The smallest absolute Gasteiger partial charge is 0.257 e. The second-order valence-electron chi connectivity index (χ2n) is 2.51. The Balaban J connectivity index is 2.62. The van der Waals surface area contributed by atoms with Crippen LogP contribution in [0.5, 0.6) is 5.75 Å². The molecule has 1 heterocycles. The largest absolute Gasteiger partial charge is 0.506 e. The minimum absolute atomic E-state index is 0.0244. The van der Waals surface area contributed by atoms with Gasteiger partial charge in [-0.2, -0.15) is 9.94 Å². The Morgan fingerprint density at radius 3 is 2.86 bits per heavy atom. The fourth-order valence-electron chi connectivity index (χ4n) is 1.06. The minimum Gasteiger partial charge on any atom is -0.506 e. The molecule has 0 aliphatic heterocycles. The molecule has 0 fully saturated rings. The maximum atomic E-state index is 9.48. The molecule has 0 aliphatic rings. The van der Waals surface area contributed by atoms with E-state index in [0.29, 0.717) is 5.69 Å². The van der Waals surface area contributed by atoms with Gasteiger partial charge in [0.1, 0.15) is 17.5 Å². The lowest BCUT2D eigenvalue weighted by atomic mass is 10.3. The van der Waals surface area contributed by atoms with Crippen LogP contribution in [0, 0.1) is 11.3 Å². The topological polar surface area (TPSA) is 87.6 Å². The Labute approximate surface area is 79.0 Å². The van der Waals surface area contributed by atoms with E-state index < -0.39 is 0 Å². The maximum absolute atomic E-state index is 9.48. The normalized spacial score (nSPS) is 9.64. The predicted octanol–water partition coefficient (Wildman–Crippen LogP) is 0.240. The highest BCUT2D eigenvalue weighted by Gasteiger charge is 2.09. The van der Waals surface area contributed by atoms with Crippen LogP contribution in [0.4, 0.5) is 0 Å². The molecule has 2 rings (SSSR count). The fourth-order valence-corrected chi connectivity index (χ4v) is 1.06. The number of phenolic OH excluding ortho intramolecular Hbond substituents is 1. The lowest BCUT2D eigenvalue weighted by Crippen LogP contribution is -2.00. The van der Waals surface area contributed by atoms with E-state index in [1.807, 2.05) is 6.07 Å². The van der Waals surface area contributed by atoms with Crippen molar-refractivity contribution in [1.29, 1.82) is 5.26 Å². The Hall–Kier alpha value is -2.42. The van der Waals surface area contributed by atoms with Crippen LogP contribution in [-0.2, 0) is 0 Å². The number of nitrogens with zero attached hydrogens (tertiary/aromatic N) is 5. The molecule has 6 heteroatoms. The van der Waals surface area contributed by atoms with Gasteiger partial charge in [-0.15, -0.1) is 0 Å². The molecule has 0 radical (unpaired) electrons. The average Bonchev–Trinajstić information content (AvgIpc) is 2.66. The standard InChI is InChI=1S/C8H5N5O/c9-5-8-10-11-12-13(8)6-3-1-2-4-7(6)14/h1-4,14H. The zero-order valence-electron chi connectivity index (χ0n) is 6.99. The molecule has 6 nitrogen and oxygen atoms in total. The highest BCUT2D eigenvalue weighted by Crippen LogP contribution is 2.19. The first-order valence-corrected chi connectivity index (χ1v) is 3.80. The zero-order valence-corrected chi connectivity index (χ0v) is 6.99. The van der Waals surface area contributed by atoms with Crippen LogP contribution in [0.2, 0.25) is 0 Å². The number of aromatic nitrogens is 4. The van der Waals surface area contributed by atoms with E-state index in [-0.39, 0.29) is 11.6 Å². The van der Waals surface area contributed by atoms with Gasteiger partial charge < -0.3 is 5.11 Å². The van der Waals surface area contributed by atoms with Gasteiger partial charge in [0.25, 0.3) is 5.82 Å². The highest BCUT2D eigenvalue weighted by atomic mass is 16.3. The van der Waals surface area contributed by atoms with Gasteiger partial charge in [0.15, 0.2) is 0 Å². The average molecular weight is 187 g/mol. The molecule has 0 saturated carbocycles. The van der Waals surface area contributed by atoms with Crippen molar-refractivity contribution in [3.05, 3.63) is 30.1 Å². The molecule has 2 aromatic rings. The first-order chi connectivity index (χ1) is 6.83. The van der Waals surface area contributed by atoms with Crippen LogP contribution < -0.4 is 0 Å². The Bertz CT molecular complexity index is 498. The number of tetrazole rings is 1. The summed E-state index contributed by atoms with van der Waals surface area (Å²) >= 11 is 0. The Morgan fingerprint density at radius 2 is 2.14 bits per heavy atom. The van der Waals surface area contributed by atoms with Crippen molar-refractivity contribution in [2.24, 2.45) is 0 Å². The molecular formula is C8H5N5O. The van der Waals surface area contributed by atoms with E-state index in [9.17, 15) is 5.11 Å². The molecular weight excluding hydrogens is 182 g/mol. The summed E-state index contributed by atoms with van der Waals surface area (Å²) in [5.74, 6) is 0.0581. The van der Waals surface area contributed by atoms with Crippen molar-refractivity contribution in [3.8, 4) is 17.5 Å². The number of rotatable bonds is 1. The van der Waals surface area contributed by atoms with Gasteiger partial charge in [-0.25, -0.2) is 0 Å². The van der Waals surface area contributed by atoms with Crippen molar-refractivity contribution < 1.29 is 5.11 Å². The molecule has 1 aromatic carbocycles. The van der Waals surface area contributed by atoms with E-state index in [1.54, 1.807) is 18.2 Å². The van der Waals surface area contributed by atoms with Crippen molar-refractivity contribution in [1.82, 2.24) is 20.2 Å². The number of phenols is 1. The summed E-state index contributed by atoms with van der Waals surface area (Å²) < 4.78 is 1.18. The number of benzene rings is 1. The Kier molecular flexibility index (Phi) is 1.84. The van der Waals surface area contributed by atoms with Crippen molar-refractivity contribution >= 4 is 0 Å². The van der Waals surface area contributed by atoms with Crippen LogP contribution in [0.15, 0.2) is 24.3 Å². The third kappa shape index (κ3) is 1.17. The summed E-state index contributed by atoms with van der Waals surface area (Å²) in [7, 11) is 0. The van der Waals surface area contributed by atoms with Crippen molar-refractivity contribution in [2.45, 2.75) is 0 Å². The van der Waals surface area contributed by atoms with Crippen LogP contribution in [0.3, 0.4) is 0 Å². The van der Waals surface area contributed by atoms with Crippen molar-refractivity contribution in [3.63, 3.8) is 0 Å². The SMILES string of the molecule is N#Cc1nnnn1-c1ccccc1O. The molecule has 14 heavy (non-hydrogen) atoms. The fraction of sp³-hybridized carbons (Fsp3) is 0. The third-order valence-corrected chi connectivity index (χ3v) is 1.68. The third-order valence-electron chi connectivity index (χ3n) is 1.68. The minimum atomic E-state index is 0.0244. The highest BCUT2D eigenvalue weighted by molar-refractivity contribution is 5.45. The molecule has 68 valence electrons. The maximum Gasteiger partial charge on any atom is 0.257 e. The lowest BCUT2D eigenvalue weighted by molar-refractivity contribution is 0.469. The molecule has 1 N–H and O–H groups in total. The molecule has 0 amide bonds. The number of hydrogen-bond donors (Lipinski definition) is 1. The number of nitriles is 1. The van der Waals surface area contributed by atoms with E-state index in [1.165, 1.54) is 10.7 Å². The van der Waals surface area contributed by atoms with Gasteiger partial charge in [-0.05, 0) is 22.6 Å².